The molecule has 2 saturated carbocycles. The van der Waals surface area contributed by atoms with E-state index in [-0.39, 0.29) is 6.03 Å². The third-order valence-electron chi connectivity index (χ3n) is 5.62. The van der Waals surface area contributed by atoms with E-state index >= 15 is 0 Å². The molecule has 2 amide bonds. The summed E-state index contributed by atoms with van der Waals surface area (Å²) in [6, 6.07) is 7.73. The molecule has 0 unspecified atom stereocenters. The first kappa shape index (κ1) is 17.3. The molecule has 136 valence electrons. The van der Waals surface area contributed by atoms with Gasteiger partial charge in [-0.25, -0.2) is 4.79 Å². The van der Waals surface area contributed by atoms with Gasteiger partial charge >= 0.3 is 6.03 Å². The summed E-state index contributed by atoms with van der Waals surface area (Å²) in [6.45, 7) is 0.515. The zero-order chi connectivity index (χ0) is 18.0. The Morgan fingerprint density at radius 1 is 1.15 bits per heavy atom. The molecule has 1 aromatic carbocycles. The van der Waals surface area contributed by atoms with Gasteiger partial charge in [0.15, 0.2) is 0 Å². The normalized spacial score (nSPS) is 26.7. The Labute approximate surface area is 158 Å². The molecular formula is C20H23ClN4O. The van der Waals surface area contributed by atoms with Crippen molar-refractivity contribution in [1.82, 2.24) is 20.6 Å². The predicted octanol–water partition coefficient (Wildman–Crippen LogP) is 3.73. The van der Waals surface area contributed by atoms with E-state index in [2.05, 4.69) is 20.6 Å². The summed E-state index contributed by atoms with van der Waals surface area (Å²) in [6.07, 6.45) is 11.0. The van der Waals surface area contributed by atoms with E-state index in [9.17, 15) is 4.79 Å². The molecule has 4 rings (SSSR count). The van der Waals surface area contributed by atoms with Crippen LogP contribution < -0.4 is 10.6 Å². The molecule has 2 N–H and O–H groups in total. The lowest BCUT2D eigenvalue weighted by molar-refractivity contribution is -0.0457. The number of nitrogens with zero attached hydrogens (tertiary/aromatic N) is 2. The van der Waals surface area contributed by atoms with E-state index in [4.69, 9.17) is 11.6 Å². The Kier molecular flexibility index (Phi) is 4.81. The topological polar surface area (TPSA) is 66.9 Å². The van der Waals surface area contributed by atoms with Crippen molar-refractivity contribution in [3.8, 4) is 0 Å². The first-order valence-corrected chi connectivity index (χ1v) is 9.52. The number of carbonyl (C=O) groups excluding carboxylic acids is 1. The Morgan fingerprint density at radius 2 is 1.92 bits per heavy atom. The van der Waals surface area contributed by atoms with Gasteiger partial charge in [-0.3, -0.25) is 9.97 Å². The molecule has 0 aliphatic heterocycles. The highest BCUT2D eigenvalue weighted by Crippen LogP contribution is 2.59. The Morgan fingerprint density at radius 3 is 2.62 bits per heavy atom. The average molecular weight is 371 g/mol. The van der Waals surface area contributed by atoms with Crippen molar-refractivity contribution in [1.29, 1.82) is 0 Å². The van der Waals surface area contributed by atoms with Crippen LogP contribution in [0.5, 0.6) is 0 Å². The Balaban J connectivity index is 1.14. The molecule has 0 radical (unpaired) electrons. The predicted molar refractivity (Wildman–Crippen MR) is 101 cm³/mol. The zero-order valence-corrected chi connectivity index (χ0v) is 15.4. The molecule has 1 aromatic heterocycles. The van der Waals surface area contributed by atoms with Gasteiger partial charge in [-0.15, -0.1) is 0 Å². The molecule has 0 bridgehead atoms. The molecule has 5 nitrogen and oxygen atoms in total. The number of amides is 2. The van der Waals surface area contributed by atoms with Crippen molar-refractivity contribution < 1.29 is 4.79 Å². The molecule has 1 spiro atoms. The van der Waals surface area contributed by atoms with E-state index in [1.165, 1.54) is 12.8 Å². The fourth-order valence-corrected chi connectivity index (χ4v) is 4.61. The van der Waals surface area contributed by atoms with Crippen LogP contribution in [0.2, 0.25) is 5.02 Å². The number of halogens is 1. The zero-order valence-electron chi connectivity index (χ0n) is 14.6. The minimum absolute atomic E-state index is 0.0877. The third-order valence-corrected chi connectivity index (χ3v) is 5.87. The van der Waals surface area contributed by atoms with Gasteiger partial charge in [0.25, 0.3) is 0 Å². The van der Waals surface area contributed by atoms with Gasteiger partial charge in [-0.1, -0.05) is 23.7 Å². The molecule has 1 heterocycles. The molecule has 0 saturated heterocycles. The minimum atomic E-state index is -0.0877. The maximum Gasteiger partial charge on any atom is 0.315 e. The number of hydrogen-bond donors (Lipinski definition) is 2. The summed E-state index contributed by atoms with van der Waals surface area (Å²) >= 11 is 5.86. The summed E-state index contributed by atoms with van der Waals surface area (Å²) in [5, 5.41) is 6.71. The molecule has 26 heavy (non-hydrogen) atoms. The van der Waals surface area contributed by atoms with Crippen molar-refractivity contribution >= 4 is 17.6 Å². The SMILES string of the molecule is O=C(NCc1ccc(Cl)cc1)NC1CC2(CC(Cc3cnccn3)C2)C1. The van der Waals surface area contributed by atoms with Gasteiger partial charge in [0.2, 0.25) is 0 Å². The van der Waals surface area contributed by atoms with Crippen molar-refractivity contribution in [2.45, 2.75) is 44.7 Å². The first-order chi connectivity index (χ1) is 12.6. The quantitative estimate of drug-likeness (QED) is 0.842. The van der Waals surface area contributed by atoms with E-state index in [1.54, 1.807) is 12.4 Å². The van der Waals surface area contributed by atoms with Gasteiger partial charge in [-0.2, -0.15) is 0 Å². The van der Waals surface area contributed by atoms with E-state index in [0.717, 1.165) is 30.5 Å². The average Bonchev–Trinajstić information content (AvgIpc) is 2.58. The van der Waals surface area contributed by atoms with Crippen molar-refractivity contribution in [2.24, 2.45) is 11.3 Å². The number of carbonyl (C=O) groups is 1. The smallest absolute Gasteiger partial charge is 0.315 e. The van der Waals surface area contributed by atoms with Gasteiger partial charge in [0.1, 0.15) is 0 Å². The monoisotopic (exact) mass is 370 g/mol. The van der Waals surface area contributed by atoms with Crippen LogP contribution in [0.4, 0.5) is 4.79 Å². The highest BCUT2D eigenvalue weighted by Gasteiger charge is 2.52. The van der Waals surface area contributed by atoms with Crippen LogP contribution >= 0.6 is 11.6 Å². The lowest BCUT2D eigenvalue weighted by Crippen LogP contribution is -2.57. The largest absolute Gasteiger partial charge is 0.335 e. The van der Waals surface area contributed by atoms with Crippen LogP contribution in [-0.2, 0) is 13.0 Å². The van der Waals surface area contributed by atoms with Crippen LogP contribution in [0.15, 0.2) is 42.9 Å². The van der Waals surface area contributed by atoms with Crippen molar-refractivity contribution in [2.75, 3.05) is 0 Å². The van der Waals surface area contributed by atoms with Gasteiger partial charge in [0.05, 0.1) is 5.69 Å². The standard InChI is InChI=1S/C20H23ClN4O/c21-16-3-1-14(2-4-16)12-24-19(26)25-18-10-20(11-18)8-15(9-20)7-17-13-22-5-6-23-17/h1-6,13,15,18H,7-12H2,(H2,24,25,26). The molecule has 2 aliphatic rings. The Hall–Kier alpha value is -2.14. The fraction of sp³-hybridized carbons (Fsp3) is 0.450. The lowest BCUT2D eigenvalue weighted by atomic mass is 9.49. The summed E-state index contributed by atoms with van der Waals surface area (Å²) in [5.74, 6) is 0.714. The molecule has 0 atom stereocenters. The highest BCUT2D eigenvalue weighted by atomic mass is 35.5. The molecule has 6 heteroatoms. The maximum absolute atomic E-state index is 12.0. The van der Waals surface area contributed by atoms with Crippen LogP contribution in [0.1, 0.15) is 36.9 Å². The van der Waals surface area contributed by atoms with E-state index < -0.39 is 0 Å². The number of rotatable bonds is 5. The van der Waals surface area contributed by atoms with E-state index in [0.29, 0.717) is 28.9 Å². The summed E-state index contributed by atoms with van der Waals surface area (Å²) in [5.41, 5.74) is 2.59. The van der Waals surface area contributed by atoms with Crippen LogP contribution in [0.25, 0.3) is 0 Å². The fourth-order valence-electron chi connectivity index (χ4n) is 4.48. The molecule has 2 fully saturated rings. The Bertz CT molecular complexity index is 751. The first-order valence-electron chi connectivity index (χ1n) is 9.14. The van der Waals surface area contributed by atoms with Crippen LogP contribution in [-0.4, -0.2) is 22.0 Å². The summed E-state index contributed by atoms with van der Waals surface area (Å²) in [7, 11) is 0. The second kappa shape index (κ2) is 7.23. The van der Waals surface area contributed by atoms with Gasteiger partial charge < -0.3 is 10.6 Å². The number of urea groups is 1. The number of nitrogens with one attached hydrogen (secondary N) is 2. The summed E-state index contributed by atoms with van der Waals surface area (Å²) < 4.78 is 0. The third kappa shape index (κ3) is 3.98. The molecule has 2 aliphatic carbocycles. The van der Waals surface area contributed by atoms with Gasteiger partial charge in [0, 0.05) is 36.2 Å². The maximum atomic E-state index is 12.0. The second-order valence-electron chi connectivity index (χ2n) is 7.73. The number of benzene rings is 1. The lowest BCUT2D eigenvalue weighted by Gasteiger charge is -2.58. The van der Waals surface area contributed by atoms with Crippen LogP contribution in [0, 0.1) is 11.3 Å². The second-order valence-corrected chi connectivity index (χ2v) is 8.17. The van der Waals surface area contributed by atoms with Gasteiger partial charge in [-0.05, 0) is 61.1 Å². The summed E-state index contributed by atoms with van der Waals surface area (Å²) in [4.78, 5) is 20.5. The number of hydrogen-bond acceptors (Lipinski definition) is 3. The minimum Gasteiger partial charge on any atom is -0.335 e. The van der Waals surface area contributed by atoms with E-state index in [1.807, 2.05) is 30.5 Å². The highest BCUT2D eigenvalue weighted by molar-refractivity contribution is 6.30. The van der Waals surface area contributed by atoms with Crippen LogP contribution in [0.3, 0.4) is 0 Å². The van der Waals surface area contributed by atoms with Crippen molar-refractivity contribution in [3.63, 3.8) is 0 Å². The molecular weight excluding hydrogens is 348 g/mol. The van der Waals surface area contributed by atoms with Crippen molar-refractivity contribution in [3.05, 3.63) is 59.1 Å². The molecule has 2 aromatic rings. The number of aromatic nitrogens is 2.